The molecule has 0 saturated carbocycles. The van der Waals surface area contributed by atoms with Crippen molar-refractivity contribution < 1.29 is 18.3 Å². The summed E-state index contributed by atoms with van der Waals surface area (Å²) in [5.74, 6) is 0.120. The van der Waals surface area contributed by atoms with Gasteiger partial charge in [-0.2, -0.15) is 0 Å². The van der Waals surface area contributed by atoms with Gasteiger partial charge in [0.2, 0.25) is 5.91 Å². The predicted octanol–water partition coefficient (Wildman–Crippen LogP) is 4.12. The molecule has 1 heterocycles. The number of hydrogen-bond donors (Lipinski definition) is 2. The van der Waals surface area contributed by atoms with E-state index in [1.54, 1.807) is 0 Å². The summed E-state index contributed by atoms with van der Waals surface area (Å²) in [4.78, 5) is 23.6. The van der Waals surface area contributed by atoms with Crippen molar-refractivity contribution in [2.75, 3.05) is 30.5 Å². The van der Waals surface area contributed by atoms with Crippen LogP contribution in [-0.2, 0) is 20.6 Å². The standard InChI is InChI=1S/C26H32N4O4S/c1-20(2)30(15-9-10-16-34-18-24(31)28-19-35(32)33)23-17-27-25(21-11-5-3-6-12-21)26(29-23)22-13-7-4-8-14-22/h3-8,11-14,17,20H,9-10,15-16,18-19H2,1-2H3,(H,28,31)(H,32,33). The van der Waals surface area contributed by atoms with Crippen LogP contribution < -0.4 is 10.2 Å². The molecular formula is C26H32N4O4S. The van der Waals surface area contributed by atoms with Gasteiger partial charge in [0.05, 0.1) is 17.6 Å². The van der Waals surface area contributed by atoms with Gasteiger partial charge in [0.1, 0.15) is 18.3 Å². The van der Waals surface area contributed by atoms with Crippen molar-refractivity contribution in [2.24, 2.45) is 0 Å². The van der Waals surface area contributed by atoms with E-state index < -0.39 is 17.0 Å². The van der Waals surface area contributed by atoms with Crippen molar-refractivity contribution in [3.8, 4) is 22.5 Å². The third kappa shape index (κ3) is 8.24. The number of hydrogen-bond acceptors (Lipinski definition) is 6. The minimum atomic E-state index is -2.06. The van der Waals surface area contributed by atoms with E-state index in [2.05, 4.69) is 24.1 Å². The van der Waals surface area contributed by atoms with Crippen LogP contribution in [0.2, 0.25) is 0 Å². The normalized spacial score (nSPS) is 11.9. The van der Waals surface area contributed by atoms with Gasteiger partial charge in [-0.15, -0.1) is 0 Å². The zero-order valence-corrected chi connectivity index (χ0v) is 20.9. The largest absolute Gasteiger partial charge is 0.372 e. The number of nitrogens with zero attached hydrogens (tertiary/aromatic N) is 3. The maximum absolute atomic E-state index is 11.5. The summed E-state index contributed by atoms with van der Waals surface area (Å²) in [7, 11) is 0. The van der Waals surface area contributed by atoms with Gasteiger partial charge in [0.15, 0.2) is 11.1 Å². The fraction of sp³-hybridized carbons (Fsp3) is 0.346. The summed E-state index contributed by atoms with van der Waals surface area (Å²) in [6.45, 7) is 5.32. The number of amides is 1. The first-order chi connectivity index (χ1) is 17.0. The lowest BCUT2D eigenvalue weighted by molar-refractivity contribution is -0.125. The number of rotatable bonds is 13. The summed E-state index contributed by atoms with van der Waals surface area (Å²) < 4.78 is 24.7. The van der Waals surface area contributed by atoms with E-state index in [1.807, 2.05) is 66.9 Å². The second-order valence-electron chi connectivity index (χ2n) is 8.27. The van der Waals surface area contributed by atoms with Gasteiger partial charge in [-0.3, -0.25) is 9.78 Å². The number of aromatic nitrogens is 2. The van der Waals surface area contributed by atoms with Gasteiger partial charge in [0, 0.05) is 30.3 Å². The average molecular weight is 497 g/mol. The van der Waals surface area contributed by atoms with Crippen LogP contribution in [0.1, 0.15) is 26.7 Å². The first kappa shape index (κ1) is 26.5. The number of carbonyl (C=O) groups is 1. The molecule has 0 radical (unpaired) electrons. The smallest absolute Gasteiger partial charge is 0.246 e. The highest BCUT2D eigenvalue weighted by Crippen LogP contribution is 2.30. The lowest BCUT2D eigenvalue weighted by Crippen LogP contribution is -2.33. The highest BCUT2D eigenvalue weighted by atomic mass is 32.2. The van der Waals surface area contributed by atoms with Crippen molar-refractivity contribution in [3.05, 3.63) is 66.9 Å². The number of anilines is 1. The summed E-state index contributed by atoms with van der Waals surface area (Å²) in [6.07, 6.45) is 3.45. The van der Waals surface area contributed by atoms with E-state index in [1.165, 1.54) is 0 Å². The number of unbranched alkanes of at least 4 members (excludes halogenated alkanes) is 1. The topological polar surface area (TPSA) is 105 Å². The Kier molecular flexibility index (Phi) is 10.3. The Labute approximate surface area is 209 Å². The SMILES string of the molecule is CC(C)N(CCCCOCC(=O)NCS(=O)O)c1cnc(-c2ccccc2)c(-c2ccccc2)n1. The van der Waals surface area contributed by atoms with Crippen LogP contribution >= 0.6 is 0 Å². The fourth-order valence-electron chi connectivity index (χ4n) is 3.60. The molecule has 2 N–H and O–H groups in total. The third-order valence-electron chi connectivity index (χ3n) is 5.34. The number of benzene rings is 2. The van der Waals surface area contributed by atoms with Gasteiger partial charge in [-0.25, -0.2) is 9.19 Å². The molecule has 1 atom stereocenters. The minimum absolute atomic E-state index is 0.127. The number of carbonyl (C=O) groups excluding carboxylic acids is 1. The quantitative estimate of drug-likeness (QED) is 0.271. The van der Waals surface area contributed by atoms with Crippen LogP contribution in [0.15, 0.2) is 66.9 Å². The van der Waals surface area contributed by atoms with E-state index in [-0.39, 0.29) is 18.5 Å². The summed E-state index contributed by atoms with van der Waals surface area (Å²) >= 11 is -2.06. The highest BCUT2D eigenvalue weighted by Gasteiger charge is 2.17. The predicted molar refractivity (Wildman–Crippen MR) is 139 cm³/mol. The third-order valence-corrected chi connectivity index (χ3v) is 5.73. The molecule has 8 nitrogen and oxygen atoms in total. The molecule has 9 heteroatoms. The average Bonchev–Trinajstić information content (AvgIpc) is 2.87. The van der Waals surface area contributed by atoms with E-state index in [0.717, 1.165) is 47.7 Å². The Bertz CT molecular complexity index is 1100. The molecule has 3 rings (SSSR count). The molecular weight excluding hydrogens is 464 g/mol. The molecule has 0 aliphatic rings. The Morgan fingerprint density at radius 1 is 1.03 bits per heavy atom. The first-order valence-electron chi connectivity index (χ1n) is 11.6. The molecule has 2 aromatic carbocycles. The molecule has 0 bridgehead atoms. The summed E-state index contributed by atoms with van der Waals surface area (Å²) in [5.41, 5.74) is 3.73. The van der Waals surface area contributed by atoms with Crippen molar-refractivity contribution in [1.29, 1.82) is 0 Å². The lowest BCUT2D eigenvalue weighted by atomic mass is 10.0. The Balaban J connectivity index is 1.66. The van der Waals surface area contributed by atoms with E-state index >= 15 is 0 Å². The minimum Gasteiger partial charge on any atom is -0.372 e. The van der Waals surface area contributed by atoms with Crippen molar-refractivity contribution in [3.63, 3.8) is 0 Å². The Hall–Kier alpha value is -3.14. The molecule has 0 aliphatic heterocycles. The van der Waals surface area contributed by atoms with E-state index in [9.17, 15) is 9.00 Å². The van der Waals surface area contributed by atoms with Crippen molar-refractivity contribution >= 4 is 22.8 Å². The molecule has 35 heavy (non-hydrogen) atoms. The van der Waals surface area contributed by atoms with Crippen molar-refractivity contribution in [2.45, 2.75) is 32.7 Å². The zero-order valence-electron chi connectivity index (χ0n) is 20.1. The van der Waals surface area contributed by atoms with Crippen LogP contribution in [-0.4, -0.2) is 56.3 Å². The monoisotopic (exact) mass is 496 g/mol. The molecule has 0 aliphatic carbocycles. The molecule has 0 fully saturated rings. The second kappa shape index (κ2) is 13.7. The van der Waals surface area contributed by atoms with Gasteiger partial charge in [-0.1, -0.05) is 60.7 Å². The van der Waals surface area contributed by atoms with E-state index in [0.29, 0.717) is 6.61 Å². The molecule has 186 valence electrons. The maximum atomic E-state index is 11.5. The van der Waals surface area contributed by atoms with Crippen LogP contribution in [0, 0.1) is 0 Å². The summed E-state index contributed by atoms with van der Waals surface area (Å²) in [5, 5.41) is 2.33. The molecule has 1 unspecified atom stereocenters. The van der Waals surface area contributed by atoms with Gasteiger partial charge < -0.3 is 19.5 Å². The second-order valence-corrected chi connectivity index (χ2v) is 9.20. The van der Waals surface area contributed by atoms with Gasteiger partial charge in [0.25, 0.3) is 0 Å². The van der Waals surface area contributed by atoms with Crippen LogP contribution in [0.5, 0.6) is 0 Å². The molecule has 3 aromatic rings. The zero-order chi connectivity index (χ0) is 25.0. The maximum Gasteiger partial charge on any atom is 0.246 e. The molecule has 1 aromatic heterocycles. The summed E-state index contributed by atoms with van der Waals surface area (Å²) in [6, 6.07) is 20.4. The number of ether oxygens (including phenoxy) is 1. The van der Waals surface area contributed by atoms with E-state index in [4.69, 9.17) is 19.3 Å². The van der Waals surface area contributed by atoms with Crippen LogP contribution in [0.25, 0.3) is 22.5 Å². The Morgan fingerprint density at radius 2 is 1.66 bits per heavy atom. The molecule has 0 saturated heterocycles. The number of nitrogens with one attached hydrogen (secondary N) is 1. The highest BCUT2D eigenvalue weighted by molar-refractivity contribution is 7.79. The van der Waals surface area contributed by atoms with Crippen LogP contribution in [0.4, 0.5) is 5.82 Å². The van der Waals surface area contributed by atoms with Crippen LogP contribution in [0.3, 0.4) is 0 Å². The Morgan fingerprint density at radius 3 is 2.26 bits per heavy atom. The van der Waals surface area contributed by atoms with Crippen molar-refractivity contribution in [1.82, 2.24) is 15.3 Å². The van der Waals surface area contributed by atoms with Gasteiger partial charge in [-0.05, 0) is 26.7 Å². The molecule has 1 amide bonds. The first-order valence-corrected chi connectivity index (χ1v) is 12.9. The van der Waals surface area contributed by atoms with Gasteiger partial charge >= 0.3 is 0 Å². The lowest BCUT2D eigenvalue weighted by Gasteiger charge is -2.28. The fourth-order valence-corrected chi connectivity index (χ4v) is 3.89. The molecule has 0 spiro atoms.